The molecule has 1 saturated heterocycles. The molecule has 2 heterocycles. The molecule has 2 aromatic carbocycles. The molecule has 1 unspecified atom stereocenters. The number of hydrogen-bond donors (Lipinski definition) is 0. The average molecular weight is 489 g/mol. The normalized spacial score (nSPS) is 27.6. The minimum Gasteiger partial charge on any atom is -0.369 e. The highest BCUT2D eigenvalue weighted by Gasteiger charge is 2.49. The van der Waals surface area contributed by atoms with Gasteiger partial charge in [0, 0.05) is 37.9 Å². The molecule has 0 N–H and O–H groups in total. The molecule has 3 atom stereocenters. The Hall–Kier alpha value is -2.52. The Balaban J connectivity index is 1.40. The van der Waals surface area contributed by atoms with Crippen molar-refractivity contribution in [1.29, 1.82) is 0 Å². The maximum absolute atomic E-state index is 15.3. The Morgan fingerprint density at radius 2 is 1.56 bits per heavy atom. The van der Waals surface area contributed by atoms with Crippen LogP contribution in [0.5, 0.6) is 0 Å². The number of rotatable bonds is 5. The third kappa shape index (κ3) is 4.55. The lowest BCUT2D eigenvalue weighted by Crippen LogP contribution is -2.52. The van der Waals surface area contributed by atoms with E-state index < -0.39 is 28.3 Å². The van der Waals surface area contributed by atoms with E-state index >= 15 is 3.89 Å². The number of hydrogen-bond acceptors (Lipinski definition) is 5. The van der Waals surface area contributed by atoms with Crippen molar-refractivity contribution in [2.24, 2.45) is 4.36 Å². The van der Waals surface area contributed by atoms with Gasteiger partial charge in [-0.05, 0) is 42.7 Å². The standard InChI is InChI=1S/C25H30F2N4O2S/c26-20-11-13-21(14-12-20)29-15-17-30(18-16-29)24(19-7-3-1-4-8-19)23-25(32)31(34(27,33)28-23)22-9-5-2-6-10-22/h1,3-4,7-8,11-14,22-24H,2,5-6,9-10,15-18H2/t23-,24+,34?/m1/s1. The fourth-order valence-electron chi connectivity index (χ4n) is 5.50. The van der Waals surface area contributed by atoms with Gasteiger partial charge in [-0.2, -0.15) is 8.57 Å². The van der Waals surface area contributed by atoms with E-state index in [1.54, 1.807) is 12.1 Å². The van der Waals surface area contributed by atoms with Crippen LogP contribution in [0.1, 0.15) is 43.7 Å². The van der Waals surface area contributed by atoms with Crippen molar-refractivity contribution in [3.8, 4) is 0 Å². The van der Waals surface area contributed by atoms with E-state index in [0.29, 0.717) is 39.0 Å². The predicted molar refractivity (Wildman–Crippen MR) is 129 cm³/mol. The Kier molecular flexibility index (Phi) is 6.57. The molecule has 34 heavy (non-hydrogen) atoms. The molecule has 0 aromatic heterocycles. The second-order valence-corrected chi connectivity index (χ2v) is 10.8. The van der Waals surface area contributed by atoms with E-state index in [1.165, 1.54) is 12.1 Å². The molecule has 6 nitrogen and oxygen atoms in total. The first-order valence-electron chi connectivity index (χ1n) is 12.0. The van der Waals surface area contributed by atoms with Crippen LogP contribution in [0, 0.1) is 5.82 Å². The third-order valence-corrected chi connectivity index (χ3v) is 8.65. The molecule has 182 valence electrons. The van der Waals surface area contributed by atoms with Crippen LogP contribution < -0.4 is 4.90 Å². The van der Waals surface area contributed by atoms with E-state index in [1.807, 2.05) is 30.3 Å². The van der Waals surface area contributed by atoms with E-state index in [-0.39, 0.29) is 11.9 Å². The molecule has 0 bridgehead atoms. The van der Waals surface area contributed by atoms with Crippen molar-refractivity contribution in [3.05, 3.63) is 66.0 Å². The summed E-state index contributed by atoms with van der Waals surface area (Å²) in [5, 5.41) is 0. The molecule has 3 aliphatic rings. The number of amides is 1. The van der Waals surface area contributed by atoms with Gasteiger partial charge >= 0.3 is 0 Å². The van der Waals surface area contributed by atoms with Crippen LogP contribution in [0.15, 0.2) is 59.0 Å². The lowest BCUT2D eigenvalue weighted by molar-refractivity contribution is -0.130. The minimum atomic E-state index is -4.25. The molecule has 0 radical (unpaired) electrons. The molecular weight excluding hydrogens is 458 g/mol. The van der Waals surface area contributed by atoms with Gasteiger partial charge in [0.2, 0.25) is 0 Å². The first-order valence-corrected chi connectivity index (χ1v) is 13.4. The highest BCUT2D eigenvalue weighted by Crippen LogP contribution is 2.38. The Morgan fingerprint density at radius 3 is 2.21 bits per heavy atom. The van der Waals surface area contributed by atoms with Crippen molar-refractivity contribution >= 4 is 21.9 Å². The number of carbonyl (C=O) groups excluding carboxylic acids is 1. The molecule has 2 fully saturated rings. The van der Waals surface area contributed by atoms with Gasteiger partial charge in [0.25, 0.3) is 16.2 Å². The van der Waals surface area contributed by atoms with Gasteiger partial charge in [-0.25, -0.2) is 8.70 Å². The van der Waals surface area contributed by atoms with Gasteiger partial charge in [-0.3, -0.25) is 9.69 Å². The van der Waals surface area contributed by atoms with Gasteiger partial charge in [-0.1, -0.05) is 49.6 Å². The molecule has 2 aliphatic heterocycles. The summed E-state index contributed by atoms with van der Waals surface area (Å²) in [5.41, 5.74) is 1.80. The van der Waals surface area contributed by atoms with Crippen LogP contribution in [0.2, 0.25) is 0 Å². The number of piperazine rings is 1. The zero-order valence-corrected chi connectivity index (χ0v) is 19.9. The third-order valence-electron chi connectivity index (χ3n) is 7.20. The average Bonchev–Trinajstić information content (AvgIpc) is 3.09. The van der Waals surface area contributed by atoms with Gasteiger partial charge < -0.3 is 4.90 Å². The fourth-order valence-corrected chi connectivity index (χ4v) is 7.00. The van der Waals surface area contributed by atoms with Crippen molar-refractivity contribution in [2.45, 2.75) is 50.2 Å². The SMILES string of the molecule is O=C1[C@@H]([C@H](c2ccccc2)N2CCN(c3ccc(F)cc3)CC2)N=S(=O)(F)N1C1CCCCC1. The highest BCUT2D eigenvalue weighted by molar-refractivity contribution is 7.87. The van der Waals surface area contributed by atoms with Crippen LogP contribution in [0.25, 0.3) is 0 Å². The second-order valence-electron chi connectivity index (χ2n) is 9.29. The quantitative estimate of drug-likeness (QED) is 0.582. The van der Waals surface area contributed by atoms with Gasteiger partial charge in [-0.15, -0.1) is 3.89 Å². The Bertz CT molecular complexity index is 1120. The predicted octanol–water partition coefficient (Wildman–Crippen LogP) is 4.50. The summed E-state index contributed by atoms with van der Waals surface area (Å²) in [6.45, 7) is 2.58. The number of anilines is 1. The fraction of sp³-hybridized carbons (Fsp3) is 0.480. The van der Waals surface area contributed by atoms with Gasteiger partial charge in [0.1, 0.15) is 5.82 Å². The summed E-state index contributed by atoms with van der Waals surface area (Å²) in [6, 6.07) is 14.0. The van der Waals surface area contributed by atoms with Crippen molar-refractivity contribution < 1.29 is 17.3 Å². The topological polar surface area (TPSA) is 56.2 Å². The van der Waals surface area contributed by atoms with Crippen molar-refractivity contribution in [1.82, 2.24) is 9.21 Å². The van der Waals surface area contributed by atoms with Crippen molar-refractivity contribution in [2.75, 3.05) is 31.1 Å². The lowest BCUT2D eigenvalue weighted by Gasteiger charge is -2.41. The second kappa shape index (κ2) is 9.62. The van der Waals surface area contributed by atoms with Gasteiger partial charge in [0.15, 0.2) is 6.04 Å². The summed E-state index contributed by atoms with van der Waals surface area (Å²) in [6.07, 6.45) is 4.20. The van der Waals surface area contributed by atoms with Gasteiger partial charge in [0.05, 0.1) is 6.04 Å². The van der Waals surface area contributed by atoms with E-state index in [9.17, 15) is 13.4 Å². The summed E-state index contributed by atoms with van der Waals surface area (Å²) >= 11 is 0. The van der Waals surface area contributed by atoms with E-state index in [4.69, 9.17) is 0 Å². The van der Waals surface area contributed by atoms with Crippen LogP contribution in [0.4, 0.5) is 14.0 Å². The summed E-state index contributed by atoms with van der Waals surface area (Å²) < 4.78 is 46.6. The summed E-state index contributed by atoms with van der Waals surface area (Å²) in [4.78, 5) is 17.8. The largest absolute Gasteiger partial charge is 0.369 e. The Morgan fingerprint density at radius 1 is 0.912 bits per heavy atom. The highest BCUT2D eigenvalue weighted by atomic mass is 32.3. The lowest BCUT2D eigenvalue weighted by atomic mass is 9.93. The summed E-state index contributed by atoms with van der Waals surface area (Å²) in [7, 11) is -4.25. The van der Waals surface area contributed by atoms with Crippen LogP contribution in [0.3, 0.4) is 0 Å². The molecule has 2 aromatic rings. The number of carbonyl (C=O) groups is 1. The van der Waals surface area contributed by atoms with E-state index in [0.717, 1.165) is 34.8 Å². The molecule has 9 heteroatoms. The first kappa shape index (κ1) is 23.2. The molecule has 1 aliphatic carbocycles. The Labute approximate surface area is 200 Å². The summed E-state index contributed by atoms with van der Waals surface area (Å²) in [5.74, 6) is -0.737. The zero-order valence-electron chi connectivity index (χ0n) is 19.1. The van der Waals surface area contributed by atoms with Crippen LogP contribution in [-0.2, 0) is 15.1 Å². The molecule has 1 saturated carbocycles. The number of nitrogens with zero attached hydrogens (tertiary/aromatic N) is 4. The molecular formula is C25H30F2N4O2S. The minimum absolute atomic E-state index is 0.273. The van der Waals surface area contributed by atoms with Crippen molar-refractivity contribution in [3.63, 3.8) is 0 Å². The van der Waals surface area contributed by atoms with Crippen LogP contribution in [-0.4, -0.2) is 57.6 Å². The number of benzene rings is 2. The molecule has 1 amide bonds. The van der Waals surface area contributed by atoms with E-state index in [2.05, 4.69) is 14.2 Å². The number of halogens is 2. The smallest absolute Gasteiger partial charge is 0.297 e. The zero-order chi connectivity index (χ0) is 23.7. The first-order chi connectivity index (χ1) is 16.4. The maximum Gasteiger partial charge on any atom is 0.297 e. The molecule has 5 rings (SSSR count). The van der Waals surface area contributed by atoms with Crippen LogP contribution >= 0.6 is 0 Å². The molecule has 0 spiro atoms. The monoisotopic (exact) mass is 488 g/mol. The maximum atomic E-state index is 15.3.